The SMILES string of the molecule is CC(C)(C)c1cccc(-c2ccccc2)[n+]1Cc1ccccc1. The van der Waals surface area contributed by atoms with Gasteiger partial charge in [-0.15, -0.1) is 0 Å². The zero-order valence-electron chi connectivity index (χ0n) is 14.2. The minimum atomic E-state index is 0.0968. The van der Waals surface area contributed by atoms with E-state index in [4.69, 9.17) is 0 Å². The Morgan fingerprint density at radius 1 is 0.696 bits per heavy atom. The molecule has 1 nitrogen and oxygen atoms in total. The van der Waals surface area contributed by atoms with Gasteiger partial charge in [-0.3, -0.25) is 0 Å². The van der Waals surface area contributed by atoms with Crippen LogP contribution in [0.3, 0.4) is 0 Å². The van der Waals surface area contributed by atoms with E-state index < -0.39 is 0 Å². The van der Waals surface area contributed by atoms with E-state index in [-0.39, 0.29) is 5.41 Å². The first-order valence-corrected chi connectivity index (χ1v) is 8.18. The molecule has 0 fully saturated rings. The third kappa shape index (κ3) is 3.50. The van der Waals surface area contributed by atoms with Crippen LogP contribution in [0.15, 0.2) is 78.9 Å². The zero-order valence-corrected chi connectivity index (χ0v) is 14.2. The van der Waals surface area contributed by atoms with Crippen LogP contribution in [-0.2, 0) is 12.0 Å². The van der Waals surface area contributed by atoms with Gasteiger partial charge in [-0.2, -0.15) is 4.57 Å². The van der Waals surface area contributed by atoms with E-state index in [0.717, 1.165) is 6.54 Å². The average Bonchev–Trinajstić information content (AvgIpc) is 2.56. The lowest BCUT2D eigenvalue weighted by molar-refractivity contribution is -0.688. The lowest BCUT2D eigenvalue weighted by Gasteiger charge is -2.19. The van der Waals surface area contributed by atoms with E-state index >= 15 is 0 Å². The maximum Gasteiger partial charge on any atom is 0.212 e. The largest absolute Gasteiger partial charge is 0.212 e. The topological polar surface area (TPSA) is 3.88 Å². The third-order valence-electron chi connectivity index (χ3n) is 4.11. The van der Waals surface area contributed by atoms with E-state index in [9.17, 15) is 0 Å². The van der Waals surface area contributed by atoms with Gasteiger partial charge in [0, 0.05) is 28.7 Å². The highest BCUT2D eigenvalue weighted by atomic mass is 15.0. The Kier molecular flexibility index (Phi) is 4.29. The molecule has 2 aromatic carbocycles. The molecule has 0 spiro atoms. The first kappa shape index (κ1) is 15.5. The summed E-state index contributed by atoms with van der Waals surface area (Å²) >= 11 is 0. The first-order chi connectivity index (χ1) is 11.1. The van der Waals surface area contributed by atoms with Crippen molar-refractivity contribution in [3.8, 4) is 11.3 Å². The monoisotopic (exact) mass is 302 g/mol. The lowest BCUT2D eigenvalue weighted by Crippen LogP contribution is -2.45. The molecular formula is C22H24N+. The molecule has 1 heterocycles. The molecular weight excluding hydrogens is 278 g/mol. The van der Waals surface area contributed by atoms with Crippen LogP contribution in [0.5, 0.6) is 0 Å². The Bertz CT molecular complexity index is 768. The molecule has 0 saturated carbocycles. The molecule has 0 aliphatic carbocycles. The quantitative estimate of drug-likeness (QED) is 0.600. The van der Waals surface area contributed by atoms with Crippen LogP contribution in [0.2, 0.25) is 0 Å². The third-order valence-corrected chi connectivity index (χ3v) is 4.11. The molecule has 3 rings (SSSR count). The van der Waals surface area contributed by atoms with Gasteiger partial charge < -0.3 is 0 Å². The second-order valence-electron chi connectivity index (χ2n) is 6.98. The summed E-state index contributed by atoms with van der Waals surface area (Å²) in [6, 6.07) is 28.0. The number of hydrogen-bond donors (Lipinski definition) is 0. The molecule has 0 saturated heterocycles. The molecule has 0 radical (unpaired) electrons. The van der Waals surface area contributed by atoms with Crippen molar-refractivity contribution in [2.75, 3.05) is 0 Å². The van der Waals surface area contributed by atoms with Crippen LogP contribution in [0, 0.1) is 0 Å². The van der Waals surface area contributed by atoms with Crippen LogP contribution >= 0.6 is 0 Å². The molecule has 0 aliphatic heterocycles. The van der Waals surface area contributed by atoms with E-state index in [1.165, 1.54) is 22.5 Å². The highest BCUT2D eigenvalue weighted by molar-refractivity contribution is 5.55. The van der Waals surface area contributed by atoms with Gasteiger partial charge in [0.2, 0.25) is 5.69 Å². The van der Waals surface area contributed by atoms with Gasteiger partial charge in [0.05, 0.1) is 0 Å². The summed E-state index contributed by atoms with van der Waals surface area (Å²) in [4.78, 5) is 0. The van der Waals surface area contributed by atoms with Crippen LogP contribution in [0.4, 0.5) is 0 Å². The molecule has 1 heteroatoms. The van der Waals surface area contributed by atoms with Crippen LogP contribution in [0.1, 0.15) is 32.0 Å². The van der Waals surface area contributed by atoms with Crippen LogP contribution in [0.25, 0.3) is 11.3 Å². The van der Waals surface area contributed by atoms with E-state index in [1.807, 2.05) is 0 Å². The van der Waals surface area contributed by atoms with Gasteiger partial charge in [-0.25, -0.2) is 0 Å². The molecule has 0 aliphatic rings. The van der Waals surface area contributed by atoms with Crippen LogP contribution < -0.4 is 4.57 Å². The van der Waals surface area contributed by atoms with E-state index in [0.29, 0.717) is 0 Å². The number of hydrogen-bond acceptors (Lipinski definition) is 0. The summed E-state index contributed by atoms with van der Waals surface area (Å²) in [5.41, 5.74) is 5.30. The normalized spacial score (nSPS) is 11.4. The summed E-state index contributed by atoms with van der Waals surface area (Å²) in [5.74, 6) is 0. The number of benzene rings is 2. The number of aromatic nitrogens is 1. The Hall–Kier alpha value is -2.41. The highest BCUT2D eigenvalue weighted by Crippen LogP contribution is 2.23. The predicted octanol–water partition coefficient (Wildman–Crippen LogP) is 4.99. The van der Waals surface area contributed by atoms with Gasteiger partial charge in [-0.05, 0) is 18.2 Å². The molecule has 1 aromatic heterocycles. The molecule has 0 atom stereocenters. The Morgan fingerprint density at radius 2 is 1.30 bits per heavy atom. The summed E-state index contributed by atoms with van der Waals surface area (Å²) < 4.78 is 2.45. The van der Waals surface area contributed by atoms with Crippen molar-refractivity contribution in [1.29, 1.82) is 0 Å². The van der Waals surface area contributed by atoms with Crippen molar-refractivity contribution in [1.82, 2.24) is 0 Å². The van der Waals surface area contributed by atoms with Gasteiger partial charge in [0.25, 0.3) is 0 Å². The van der Waals surface area contributed by atoms with E-state index in [2.05, 4.69) is 104 Å². The van der Waals surface area contributed by atoms with Crippen molar-refractivity contribution >= 4 is 0 Å². The maximum absolute atomic E-state index is 2.45. The maximum atomic E-state index is 2.45. The number of nitrogens with zero attached hydrogens (tertiary/aromatic N) is 1. The standard InChI is InChI=1S/C22H24N/c1-22(2,3)21-16-10-15-20(19-13-8-5-9-14-19)23(21)17-18-11-6-4-7-12-18/h4-16H,17H2,1-3H3/q+1. The zero-order chi connectivity index (χ0) is 16.3. The Labute approximate surface area is 139 Å². The summed E-state index contributed by atoms with van der Waals surface area (Å²) in [7, 11) is 0. The predicted molar refractivity (Wildman–Crippen MR) is 96.3 cm³/mol. The Morgan fingerprint density at radius 3 is 1.91 bits per heavy atom. The Balaban J connectivity index is 2.16. The molecule has 0 amide bonds. The van der Waals surface area contributed by atoms with Gasteiger partial charge in [-0.1, -0.05) is 69.3 Å². The van der Waals surface area contributed by atoms with E-state index in [1.54, 1.807) is 0 Å². The average molecular weight is 302 g/mol. The van der Waals surface area contributed by atoms with Gasteiger partial charge in [0.1, 0.15) is 0 Å². The highest BCUT2D eigenvalue weighted by Gasteiger charge is 2.28. The molecule has 0 N–H and O–H groups in total. The minimum absolute atomic E-state index is 0.0968. The molecule has 116 valence electrons. The van der Waals surface area contributed by atoms with Crippen molar-refractivity contribution in [2.24, 2.45) is 0 Å². The van der Waals surface area contributed by atoms with Crippen LogP contribution in [-0.4, -0.2) is 0 Å². The number of rotatable bonds is 3. The summed E-state index contributed by atoms with van der Waals surface area (Å²) in [6.07, 6.45) is 0. The fourth-order valence-corrected chi connectivity index (χ4v) is 2.99. The van der Waals surface area contributed by atoms with Crippen molar-refractivity contribution in [3.63, 3.8) is 0 Å². The van der Waals surface area contributed by atoms with Crippen molar-refractivity contribution in [3.05, 3.63) is 90.1 Å². The smallest absolute Gasteiger partial charge is 0.191 e. The van der Waals surface area contributed by atoms with Crippen molar-refractivity contribution < 1.29 is 4.57 Å². The second kappa shape index (κ2) is 6.37. The second-order valence-corrected chi connectivity index (χ2v) is 6.98. The lowest BCUT2D eigenvalue weighted by atomic mass is 9.90. The molecule has 3 aromatic rings. The molecule has 0 bridgehead atoms. The minimum Gasteiger partial charge on any atom is -0.191 e. The van der Waals surface area contributed by atoms with Gasteiger partial charge >= 0.3 is 0 Å². The van der Waals surface area contributed by atoms with Gasteiger partial charge in [0.15, 0.2) is 12.2 Å². The summed E-state index contributed by atoms with van der Waals surface area (Å²) in [6.45, 7) is 7.72. The molecule has 23 heavy (non-hydrogen) atoms. The fourth-order valence-electron chi connectivity index (χ4n) is 2.99. The summed E-state index contributed by atoms with van der Waals surface area (Å²) in [5, 5.41) is 0. The van der Waals surface area contributed by atoms with Crippen molar-refractivity contribution in [2.45, 2.75) is 32.7 Å². The first-order valence-electron chi connectivity index (χ1n) is 8.18. The molecule has 0 unspecified atom stereocenters. The fraction of sp³-hybridized carbons (Fsp3) is 0.227. The number of pyridine rings is 1.